The number of methoxy groups -OCH3 is 1. The molecule has 3 N–H and O–H groups in total. The third kappa shape index (κ3) is 5.32. The summed E-state index contributed by atoms with van der Waals surface area (Å²) in [5.74, 6) is -1.31. The number of halogens is 1. The first-order valence-corrected chi connectivity index (χ1v) is 6.97. The molecule has 0 spiro atoms. The Morgan fingerprint density at radius 3 is 2.67 bits per heavy atom. The molecule has 0 fully saturated rings. The molecule has 1 aromatic carbocycles. The van der Waals surface area contributed by atoms with Crippen LogP contribution in [0.3, 0.4) is 0 Å². The van der Waals surface area contributed by atoms with Crippen molar-refractivity contribution in [3.63, 3.8) is 0 Å². The first kappa shape index (κ1) is 17.4. The maximum absolute atomic E-state index is 13.5. The van der Waals surface area contributed by atoms with Crippen LogP contribution in [0.4, 0.5) is 4.39 Å². The Hall–Kier alpha value is -1.66. The molecule has 0 bridgehead atoms. The summed E-state index contributed by atoms with van der Waals surface area (Å²) < 4.78 is 18.3. The second kappa shape index (κ2) is 8.59. The van der Waals surface area contributed by atoms with Crippen molar-refractivity contribution in [2.24, 2.45) is 0 Å². The molecule has 0 aromatic heterocycles. The summed E-state index contributed by atoms with van der Waals surface area (Å²) in [4.78, 5) is 11.0. The first-order chi connectivity index (χ1) is 9.99. The van der Waals surface area contributed by atoms with E-state index in [4.69, 9.17) is 9.84 Å². The summed E-state index contributed by atoms with van der Waals surface area (Å²) in [5, 5.41) is 21.9. The van der Waals surface area contributed by atoms with E-state index in [1.165, 1.54) is 19.2 Å². The average Bonchev–Trinajstić information content (AvgIpc) is 2.45. The number of carboxylic acids is 1. The maximum Gasteiger partial charge on any atom is 0.320 e. The molecular weight excluding hydrogens is 277 g/mol. The van der Waals surface area contributed by atoms with E-state index in [1.54, 1.807) is 6.07 Å². The van der Waals surface area contributed by atoms with Crippen molar-refractivity contribution in [2.45, 2.75) is 38.3 Å². The minimum absolute atomic E-state index is 0.123. The monoisotopic (exact) mass is 299 g/mol. The van der Waals surface area contributed by atoms with E-state index >= 15 is 0 Å². The van der Waals surface area contributed by atoms with Crippen molar-refractivity contribution in [3.8, 4) is 5.75 Å². The molecule has 118 valence electrons. The van der Waals surface area contributed by atoms with Gasteiger partial charge >= 0.3 is 5.97 Å². The summed E-state index contributed by atoms with van der Waals surface area (Å²) in [6, 6.07) is 3.66. The van der Waals surface area contributed by atoms with Crippen LogP contribution in [0.2, 0.25) is 0 Å². The highest BCUT2D eigenvalue weighted by molar-refractivity contribution is 5.73. The Balaban J connectivity index is 2.51. The Labute approximate surface area is 123 Å². The van der Waals surface area contributed by atoms with Crippen molar-refractivity contribution in [1.82, 2.24) is 5.32 Å². The van der Waals surface area contributed by atoms with Crippen molar-refractivity contribution in [1.29, 1.82) is 0 Å². The van der Waals surface area contributed by atoms with Gasteiger partial charge in [0.1, 0.15) is 6.04 Å². The van der Waals surface area contributed by atoms with Gasteiger partial charge in [0.05, 0.1) is 13.2 Å². The van der Waals surface area contributed by atoms with Crippen LogP contribution in [0, 0.1) is 5.82 Å². The highest BCUT2D eigenvalue weighted by atomic mass is 19.1. The molecule has 1 aromatic rings. The van der Waals surface area contributed by atoms with Crippen LogP contribution < -0.4 is 10.1 Å². The molecule has 2 atom stereocenters. The number of aliphatic carboxylic acids is 1. The molecule has 0 saturated heterocycles. The summed E-state index contributed by atoms with van der Waals surface area (Å²) in [6.07, 6.45) is 0.743. The second-order valence-electron chi connectivity index (χ2n) is 4.83. The summed E-state index contributed by atoms with van der Waals surface area (Å²) in [5.41, 5.74) is 0.442. The lowest BCUT2D eigenvalue weighted by molar-refractivity contribution is -0.139. The quantitative estimate of drug-likeness (QED) is 0.651. The lowest BCUT2D eigenvalue weighted by Gasteiger charge is -2.16. The normalized spacial score (nSPS) is 13.7. The predicted molar refractivity (Wildman–Crippen MR) is 76.9 cm³/mol. The summed E-state index contributed by atoms with van der Waals surface area (Å²) >= 11 is 0. The number of ether oxygens (including phenoxy) is 1. The molecule has 6 heteroatoms. The largest absolute Gasteiger partial charge is 0.494 e. The van der Waals surface area contributed by atoms with Crippen LogP contribution in [0.5, 0.6) is 5.75 Å². The van der Waals surface area contributed by atoms with Crippen LogP contribution in [-0.2, 0) is 4.79 Å². The van der Waals surface area contributed by atoms with Gasteiger partial charge in [-0.1, -0.05) is 19.4 Å². The van der Waals surface area contributed by atoms with Gasteiger partial charge in [0.15, 0.2) is 11.6 Å². The molecule has 2 unspecified atom stereocenters. The van der Waals surface area contributed by atoms with Crippen molar-refractivity contribution in [3.05, 3.63) is 29.6 Å². The van der Waals surface area contributed by atoms with E-state index in [2.05, 4.69) is 5.32 Å². The predicted octanol–water partition coefficient (Wildman–Crippen LogP) is 2.10. The minimum Gasteiger partial charge on any atom is -0.494 e. The number of carbonyl (C=O) groups is 1. The van der Waals surface area contributed by atoms with E-state index in [-0.39, 0.29) is 5.75 Å². The summed E-state index contributed by atoms with van der Waals surface area (Å²) in [6.45, 7) is 2.25. The van der Waals surface area contributed by atoms with Gasteiger partial charge in [-0.15, -0.1) is 0 Å². The van der Waals surface area contributed by atoms with Crippen molar-refractivity contribution >= 4 is 5.97 Å². The van der Waals surface area contributed by atoms with Gasteiger partial charge in [0.25, 0.3) is 0 Å². The van der Waals surface area contributed by atoms with Crippen molar-refractivity contribution in [2.75, 3.05) is 13.7 Å². The molecule has 21 heavy (non-hydrogen) atoms. The Morgan fingerprint density at radius 1 is 1.43 bits per heavy atom. The Bertz CT molecular complexity index is 467. The molecule has 1 rings (SSSR count). The zero-order valence-electron chi connectivity index (χ0n) is 12.3. The molecule has 0 heterocycles. The summed E-state index contributed by atoms with van der Waals surface area (Å²) in [7, 11) is 1.37. The van der Waals surface area contributed by atoms with E-state index in [9.17, 15) is 14.3 Å². The van der Waals surface area contributed by atoms with E-state index in [0.717, 1.165) is 6.42 Å². The zero-order chi connectivity index (χ0) is 15.8. The maximum atomic E-state index is 13.5. The van der Waals surface area contributed by atoms with Gasteiger partial charge in [-0.25, -0.2) is 4.39 Å². The topological polar surface area (TPSA) is 78.8 Å². The number of carboxylic acid groups (broad SMARTS) is 1. The SMILES string of the molecule is CCCC(NCCC(O)c1ccc(OC)c(F)c1)C(=O)O. The van der Waals surface area contributed by atoms with Crippen LogP contribution in [-0.4, -0.2) is 35.9 Å². The lowest BCUT2D eigenvalue weighted by Crippen LogP contribution is -2.37. The smallest absolute Gasteiger partial charge is 0.320 e. The second-order valence-corrected chi connectivity index (χ2v) is 4.83. The zero-order valence-corrected chi connectivity index (χ0v) is 12.3. The average molecular weight is 299 g/mol. The number of benzene rings is 1. The number of aliphatic hydroxyl groups is 1. The van der Waals surface area contributed by atoms with Gasteiger partial charge in [-0.2, -0.15) is 0 Å². The van der Waals surface area contributed by atoms with Gasteiger partial charge in [-0.05, 0) is 37.1 Å². The molecular formula is C15H22FNO4. The molecule has 0 aliphatic heterocycles. The standard InChI is InChI=1S/C15H22FNO4/c1-3-4-12(15(19)20)17-8-7-13(18)10-5-6-14(21-2)11(16)9-10/h5-6,9,12-13,17-18H,3-4,7-8H2,1-2H3,(H,19,20). The fourth-order valence-corrected chi connectivity index (χ4v) is 2.05. The van der Waals surface area contributed by atoms with Crippen molar-refractivity contribution < 1.29 is 24.1 Å². The highest BCUT2D eigenvalue weighted by Crippen LogP contribution is 2.23. The first-order valence-electron chi connectivity index (χ1n) is 6.97. The minimum atomic E-state index is -0.901. The fourth-order valence-electron chi connectivity index (χ4n) is 2.05. The van der Waals surface area contributed by atoms with E-state index in [1.807, 2.05) is 6.92 Å². The van der Waals surface area contributed by atoms with Gasteiger partial charge < -0.3 is 20.3 Å². The van der Waals surface area contributed by atoms with Crippen LogP contribution in [0.1, 0.15) is 37.9 Å². The molecule has 0 aliphatic rings. The third-order valence-electron chi connectivity index (χ3n) is 3.24. The Morgan fingerprint density at radius 2 is 2.14 bits per heavy atom. The van der Waals surface area contributed by atoms with E-state index in [0.29, 0.717) is 24.9 Å². The highest BCUT2D eigenvalue weighted by Gasteiger charge is 2.16. The van der Waals surface area contributed by atoms with Gasteiger partial charge in [0.2, 0.25) is 0 Å². The van der Waals surface area contributed by atoms with Crippen LogP contribution >= 0.6 is 0 Å². The molecule has 0 amide bonds. The van der Waals surface area contributed by atoms with Gasteiger partial charge in [-0.3, -0.25) is 4.79 Å². The molecule has 0 aliphatic carbocycles. The molecule has 0 radical (unpaired) electrons. The lowest BCUT2D eigenvalue weighted by atomic mass is 10.1. The number of nitrogens with one attached hydrogen (secondary N) is 1. The third-order valence-corrected chi connectivity index (χ3v) is 3.24. The number of rotatable bonds is 9. The Kier molecular flexibility index (Phi) is 7.11. The molecule has 5 nitrogen and oxygen atoms in total. The number of hydrogen-bond donors (Lipinski definition) is 3. The van der Waals surface area contributed by atoms with Crippen LogP contribution in [0.15, 0.2) is 18.2 Å². The number of aliphatic hydroxyl groups excluding tert-OH is 1. The van der Waals surface area contributed by atoms with Crippen LogP contribution in [0.25, 0.3) is 0 Å². The fraction of sp³-hybridized carbons (Fsp3) is 0.533. The molecule has 0 saturated carbocycles. The van der Waals surface area contributed by atoms with Gasteiger partial charge in [0, 0.05) is 0 Å². The van der Waals surface area contributed by atoms with E-state index < -0.39 is 23.9 Å². The number of hydrogen-bond acceptors (Lipinski definition) is 4.